The molecule has 0 spiro atoms. The second-order valence-electron chi connectivity index (χ2n) is 7.40. The summed E-state index contributed by atoms with van der Waals surface area (Å²) in [6.45, 7) is 5.77. The third kappa shape index (κ3) is 3.53. The molecular weight excluding hydrogens is 382 g/mol. The van der Waals surface area contributed by atoms with Crippen LogP contribution in [0.5, 0.6) is 0 Å². The van der Waals surface area contributed by atoms with E-state index in [-0.39, 0.29) is 30.1 Å². The van der Waals surface area contributed by atoms with Crippen molar-refractivity contribution in [2.45, 2.75) is 45.8 Å². The van der Waals surface area contributed by atoms with Gasteiger partial charge in [-0.3, -0.25) is 14.5 Å². The fourth-order valence-electron chi connectivity index (χ4n) is 3.51. The highest BCUT2D eigenvalue weighted by Crippen LogP contribution is 2.30. The maximum atomic E-state index is 13.0. The van der Waals surface area contributed by atoms with Crippen LogP contribution in [0.3, 0.4) is 0 Å². The van der Waals surface area contributed by atoms with Crippen LogP contribution in [0.25, 0.3) is 0 Å². The van der Waals surface area contributed by atoms with Crippen LogP contribution in [0.15, 0.2) is 4.42 Å². The minimum absolute atomic E-state index is 0.0165. The van der Waals surface area contributed by atoms with Gasteiger partial charge in [-0.1, -0.05) is 25.2 Å². The van der Waals surface area contributed by atoms with Crippen LogP contribution in [0.2, 0.25) is 0 Å². The molecule has 28 heavy (non-hydrogen) atoms. The molecule has 2 aromatic heterocycles. The summed E-state index contributed by atoms with van der Waals surface area (Å²) in [5.41, 5.74) is 0.831. The summed E-state index contributed by atoms with van der Waals surface area (Å²) in [7, 11) is 1.58. The number of methoxy groups -OCH3 is 1. The molecule has 2 amide bonds. The predicted molar refractivity (Wildman–Crippen MR) is 101 cm³/mol. The molecule has 1 fully saturated rings. The monoisotopic (exact) mass is 405 g/mol. The van der Waals surface area contributed by atoms with E-state index in [0.717, 1.165) is 11.5 Å². The summed E-state index contributed by atoms with van der Waals surface area (Å²) in [6.07, 6.45) is 0.847. The van der Waals surface area contributed by atoms with E-state index in [0.29, 0.717) is 48.7 Å². The normalized spacial score (nSPS) is 19.6. The number of fused-ring (bicyclic) bond motifs is 1. The number of aromatic nitrogens is 3. The van der Waals surface area contributed by atoms with Crippen LogP contribution in [0.4, 0.5) is 5.13 Å². The molecule has 4 rings (SSSR count). The number of hydrogen-bond donors (Lipinski definition) is 0. The minimum Gasteiger partial charge on any atom is -0.445 e. The summed E-state index contributed by atoms with van der Waals surface area (Å²) in [6, 6.07) is 0. The van der Waals surface area contributed by atoms with Crippen molar-refractivity contribution in [3.05, 3.63) is 22.4 Å². The molecule has 0 N–H and O–H groups in total. The maximum absolute atomic E-state index is 13.0. The zero-order chi connectivity index (χ0) is 19.8. The van der Waals surface area contributed by atoms with Crippen molar-refractivity contribution in [3.8, 4) is 0 Å². The van der Waals surface area contributed by atoms with Crippen LogP contribution in [0.1, 0.15) is 48.5 Å². The van der Waals surface area contributed by atoms with Gasteiger partial charge in [-0.2, -0.15) is 0 Å². The lowest BCUT2D eigenvalue weighted by Crippen LogP contribution is -2.40. The van der Waals surface area contributed by atoms with E-state index < -0.39 is 0 Å². The summed E-state index contributed by atoms with van der Waals surface area (Å²) in [4.78, 5) is 33.4. The lowest BCUT2D eigenvalue weighted by Gasteiger charge is -2.27. The topological polar surface area (TPSA) is 102 Å². The minimum atomic E-state index is -0.375. The molecule has 2 aliphatic heterocycles. The Morgan fingerprint density at radius 3 is 2.96 bits per heavy atom. The molecule has 0 aliphatic carbocycles. The molecule has 0 aromatic carbocycles. The molecule has 0 bridgehead atoms. The van der Waals surface area contributed by atoms with Gasteiger partial charge in [-0.05, 0) is 0 Å². The van der Waals surface area contributed by atoms with E-state index in [1.54, 1.807) is 16.9 Å². The van der Waals surface area contributed by atoms with Crippen molar-refractivity contribution in [1.29, 1.82) is 0 Å². The largest absolute Gasteiger partial charge is 0.445 e. The highest BCUT2D eigenvalue weighted by Gasteiger charge is 2.39. The van der Waals surface area contributed by atoms with Gasteiger partial charge in [0.1, 0.15) is 23.1 Å². The molecule has 10 heteroatoms. The summed E-state index contributed by atoms with van der Waals surface area (Å²) in [5, 5.41) is 9.31. The number of rotatable bonds is 5. The summed E-state index contributed by atoms with van der Waals surface area (Å²) >= 11 is 1.31. The second kappa shape index (κ2) is 7.59. The van der Waals surface area contributed by atoms with Gasteiger partial charge in [-0.25, -0.2) is 4.98 Å². The molecule has 1 atom stereocenters. The zero-order valence-electron chi connectivity index (χ0n) is 16.2. The van der Waals surface area contributed by atoms with E-state index in [9.17, 15) is 9.59 Å². The first-order valence-electron chi connectivity index (χ1n) is 9.35. The van der Waals surface area contributed by atoms with Gasteiger partial charge in [0.2, 0.25) is 16.9 Å². The smallest absolute Gasteiger partial charge is 0.229 e. The molecule has 9 nitrogen and oxygen atoms in total. The highest BCUT2D eigenvalue weighted by atomic mass is 32.1. The van der Waals surface area contributed by atoms with E-state index >= 15 is 0 Å². The van der Waals surface area contributed by atoms with Crippen molar-refractivity contribution in [2.75, 3.05) is 25.1 Å². The van der Waals surface area contributed by atoms with Gasteiger partial charge in [0.05, 0.1) is 12.5 Å². The standard InChI is InChI=1S/C18H23N5O4S/c1-10(2)16-19-12-8-22(5-4-13(12)27-16)17(25)11-6-15(24)23(7-11)18-21-20-14(28-18)9-26-3/h10-11H,4-9H2,1-3H3. The van der Waals surface area contributed by atoms with Crippen LogP contribution in [-0.2, 0) is 33.9 Å². The molecule has 2 aromatic rings. The molecule has 2 aliphatic rings. The fraction of sp³-hybridized carbons (Fsp3) is 0.611. The van der Waals surface area contributed by atoms with Crippen LogP contribution < -0.4 is 4.90 Å². The third-order valence-electron chi connectivity index (χ3n) is 4.98. The quantitative estimate of drug-likeness (QED) is 0.746. The van der Waals surface area contributed by atoms with Gasteiger partial charge in [0.25, 0.3) is 0 Å². The Hall–Kier alpha value is -2.33. The zero-order valence-corrected chi connectivity index (χ0v) is 17.0. The predicted octanol–water partition coefficient (Wildman–Crippen LogP) is 1.73. The van der Waals surface area contributed by atoms with Gasteiger partial charge in [0.15, 0.2) is 5.89 Å². The van der Waals surface area contributed by atoms with Crippen LogP contribution in [0, 0.1) is 5.92 Å². The number of amides is 2. The molecule has 0 radical (unpaired) electrons. The number of ether oxygens (including phenoxy) is 1. The lowest BCUT2D eigenvalue weighted by atomic mass is 10.0. The van der Waals surface area contributed by atoms with Gasteiger partial charge < -0.3 is 14.1 Å². The third-order valence-corrected chi connectivity index (χ3v) is 5.90. The Labute approximate surface area is 166 Å². The van der Waals surface area contributed by atoms with Crippen molar-refractivity contribution < 1.29 is 18.7 Å². The van der Waals surface area contributed by atoms with Gasteiger partial charge in [0, 0.05) is 39.0 Å². The number of carbonyl (C=O) groups is 2. The van der Waals surface area contributed by atoms with E-state index in [1.165, 1.54) is 11.3 Å². The molecule has 150 valence electrons. The van der Waals surface area contributed by atoms with E-state index in [1.807, 2.05) is 13.8 Å². The average Bonchev–Trinajstić information content (AvgIpc) is 3.38. The Balaban J connectivity index is 1.43. The number of oxazole rings is 1. The molecule has 0 saturated carbocycles. The first kappa shape index (κ1) is 19.0. The number of carbonyl (C=O) groups excluding carboxylic acids is 2. The van der Waals surface area contributed by atoms with Crippen molar-refractivity contribution >= 4 is 28.3 Å². The van der Waals surface area contributed by atoms with Gasteiger partial charge in [-0.15, -0.1) is 10.2 Å². The Morgan fingerprint density at radius 2 is 2.21 bits per heavy atom. The van der Waals surface area contributed by atoms with E-state index in [4.69, 9.17) is 9.15 Å². The fourth-order valence-corrected chi connectivity index (χ4v) is 4.34. The van der Waals surface area contributed by atoms with Crippen molar-refractivity contribution in [1.82, 2.24) is 20.1 Å². The van der Waals surface area contributed by atoms with Crippen molar-refractivity contribution in [3.63, 3.8) is 0 Å². The number of hydrogen-bond acceptors (Lipinski definition) is 8. The summed E-state index contributed by atoms with van der Waals surface area (Å²) < 4.78 is 10.8. The Bertz CT molecular complexity index is 892. The average molecular weight is 405 g/mol. The Morgan fingerprint density at radius 1 is 1.39 bits per heavy atom. The first-order chi connectivity index (χ1) is 13.5. The lowest BCUT2D eigenvalue weighted by molar-refractivity contribution is -0.136. The first-order valence-corrected chi connectivity index (χ1v) is 10.2. The van der Waals surface area contributed by atoms with Crippen LogP contribution >= 0.6 is 11.3 Å². The maximum Gasteiger partial charge on any atom is 0.229 e. The number of nitrogens with zero attached hydrogens (tertiary/aromatic N) is 5. The molecule has 1 saturated heterocycles. The summed E-state index contributed by atoms with van der Waals surface area (Å²) in [5.74, 6) is 1.31. The number of anilines is 1. The molecular formula is C18H23N5O4S. The van der Waals surface area contributed by atoms with E-state index in [2.05, 4.69) is 15.2 Å². The Kier molecular flexibility index (Phi) is 5.15. The molecule has 1 unspecified atom stereocenters. The van der Waals surface area contributed by atoms with Crippen LogP contribution in [-0.4, -0.2) is 52.1 Å². The second-order valence-corrected chi connectivity index (χ2v) is 8.44. The molecule has 4 heterocycles. The van der Waals surface area contributed by atoms with Gasteiger partial charge >= 0.3 is 0 Å². The SMILES string of the molecule is COCc1nnc(N2CC(C(=O)N3CCc4oc(C(C)C)nc4C3)CC2=O)s1. The highest BCUT2D eigenvalue weighted by molar-refractivity contribution is 7.15. The van der Waals surface area contributed by atoms with Crippen molar-refractivity contribution in [2.24, 2.45) is 5.92 Å².